The first-order valence-electron chi connectivity index (χ1n) is 5.37. The summed E-state index contributed by atoms with van der Waals surface area (Å²) in [5, 5.41) is 2.66. The first-order valence-corrected chi connectivity index (χ1v) is 6.86. The summed E-state index contributed by atoms with van der Waals surface area (Å²) in [7, 11) is -2.26. The molecule has 19 heavy (non-hydrogen) atoms. The van der Waals surface area contributed by atoms with E-state index >= 15 is 0 Å². The Morgan fingerprint density at radius 1 is 1.11 bits per heavy atom. The van der Waals surface area contributed by atoms with Crippen LogP contribution < -0.4 is 16.8 Å². The summed E-state index contributed by atoms with van der Waals surface area (Å²) in [5.74, 6) is -0.191. The monoisotopic (exact) mass is 279 g/mol. The van der Waals surface area contributed by atoms with Crippen molar-refractivity contribution in [3.05, 3.63) is 30.3 Å². The lowest BCUT2D eigenvalue weighted by Crippen LogP contribution is -2.13. The van der Waals surface area contributed by atoms with Crippen molar-refractivity contribution in [1.29, 1.82) is 0 Å². The minimum atomic E-state index is -3.80. The second-order valence-electron chi connectivity index (χ2n) is 3.71. The van der Waals surface area contributed by atoms with Gasteiger partial charge >= 0.3 is 0 Å². The van der Waals surface area contributed by atoms with Crippen LogP contribution in [0.25, 0.3) is 0 Å². The molecule has 0 saturated carbocycles. The normalized spacial score (nSPS) is 11.2. The van der Waals surface area contributed by atoms with Gasteiger partial charge in [-0.2, -0.15) is 9.97 Å². The average molecular weight is 279 g/mol. The molecule has 7 nitrogen and oxygen atoms in total. The van der Waals surface area contributed by atoms with E-state index in [2.05, 4.69) is 15.3 Å². The molecule has 0 unspecified atom stereocenters. The predicted molar refractivity (Wildman–Crippen MR) is 72.3 cm³/mol. The van der Waals surface area contributed by atoms with Gasteiger partial charge in [-0.3, -0.25) is 0 Å². The zero-order chi connectivity index (χ0) is 14.0. The molecule has 0 bridgehead atoms. The molecule has 0 aliphatic heterocycles. The van der Waals surface area contributed by atoms with Gasteiger partial charge in [0.25, 0.3) is 0 Å². The maximum Gasteiger partial charge on any atom is 0.224 e. The Hall–Kier alpha value is -2.35. The van der Waals surface area contributed by atoms with Crippen LogP contribution in [0.1, 0.15) is 0 Å². The minimum absolute atomic E-state index is 0.0776. The molecule has 2 aromatic rings. The summed E-state index contributed by atoms with van der Waals surface area (Å²) in [5.41, 5.74) is 11.1. The van der Waals surface area contributed by atoms with Crippen molar-refractivity contribution in [3.8, 4) is 0 Å². The van der Waals surface area contributed by atoms with E-state index in [4.69, 9.17) is 11.5 Å². The van der Waals surface area contributed by atoms with Crippen molar-refractivity contribution in [2.75, 3.05) is 23.8 Å². The largest absolute Gasteiger partial charge is 0.382 e. The first-order chi connectivity index (χ1) is 8.96. The molecule has 0 spiro atoms. The third-order valence-corrected chi connectivity index (χ3v) is 4.30. The van der Waals surface area contributed by atoms with Gasteiger partial charge in [-0.1, -0.05) is 18.2 Å². The lowest BCUT2D eigenvalue weighted by Gasteiger charge is -2.11. The number of aromatic nitrogens is 2. The summed E-state index contributed by atoms with van der Waals surface area (Å²) >= 11 is 0. The van der Waals surface area contributed by atoms with Gasteiger partial charge in [0.05, 0.1) is 4.90 Å². The summed E-state index contributed by atoms with van der Waals surface area (Å²) in [6.07, 6.45) is 0. The van der Waals surface area contributed by atoms with Crippen LogP contribution in [0.5, 0.6) is 0 Å². The molecule has 100 valence electrons. The van der Waals surface area contributed by atoms with Gasteiger partial charge < -0.3 is 16.8 Å². The van der Waals surface area contributed by atoms with Crippen LogP contribution in [-0.2, 0) is 9.84 Å². The van der Waals surface area contributed by atoms with Gasteiger partial charge in [-0.05, 0) is 12.1 Å². The maximum absolute atomic E-state index is 12.5. The number of anilines is 3. The van der Waals surface area contributed by atoms with Crippen LogP contribution in [0, 0.1) is 0 Å². The standard InChI is InChI=1S/C11H13N5O2S/c1-14-10-8(9(12)15-11(13)16-10)19(17,18)7-5-3-2-4-6-7/h2-6H,1H3,(H5,12,13,14,15,16). The van der Waals surface area contributed by atoms with Gasteiger partial charge in [0.1, 0.15) is 0 Å². The number of nitrogen functional groups attached to an aromatic ring is 2. The Kier molecular flexibility index (Phi) is 3.26. The number of nitrogens with one attached hydrogen (secondary N) is 1. The highest BCUT2D eigenvalue weighted by Crippen LogP contribution is 2.30. The highest BCUT2D eigenvalue weighted by Gasteiger charge is 2.26. The second-order valence-corrected chi connectivity index (χ2v) is 5.60. The minimum Gasteiger partial charge on any atom is -0.382 e. The summed E-state index contributed by atoms with van der Waals surface area (Å²) in [4.78, 5) is 7.49. The fourth-order valence-corrected chi connectivity index (χ4v) is 3.11. The van der Waals surface area contributed by atoms with Crippen LogP contribution in [0.3, 0.4) is 0 Å². The predicted octanol–water partition coefficient (Wildman–Crippen LogP) is 0.515. The van der Waals surface area contributed by atoms with E-state index in [0.717, 1.165) is 0 Å². The van der Waals surface area contributed by atoms with E-state index in [1.165, 1.54) is 19.2 Å². The fraction of sp³-hybridized carbons (Fsp3) is 0.0909. The lowest BCUT2D eigenvalue weighted by atomic mass is 10.4. The van der Waals surface area contributed by atoms with Gasteiger partial charge in [-0.15, -0.1) is 0 Å². The molecule has 0 aliphatic carbocycles. The van der Waals surface area contributed by atoms with Crippen molar-refractivity contribution in [1.82, 2.24) is 9.97 Å². The number of hydrogen-bond acceptors (Lipinski definition) is 7. The highest BCUT2D eigenvalue weighted by molar-refractivity contribution is 7.91. The van der Waals surface area contributed by atoms with Gasteiger partial charge in [0.2, 0.25) is 15.8 Å². The molecule has 2 rings (SSSR count). The van der Waals surface area contributed by atoms with Crippen LogP contribution in [-0.4, -0.2) is 25.4 Å². The van der Waals surface area contributed by atoms with Crippen molar-refractivity contribution >= 4 is 27.4 Å². The van der Waals surface area contributed by atoms with Crippen molar-refractivity contribution in [2.45, 2.75) is 9.79 Å². The number of sulfone groups is 1. The van der Waals surface area contributed by atoms with Crippen molar-refractivity contribution < 1.29 is 8.42 Å². The van der Waals surface area contributed by atoms with Crippen LogP contribution in [0.15, 0.2) is 40.1 Å². The molecule has 0 saturated heterocycles. The van der Waals surface area contributed by atoms with Crippen LogP contribution >= 0.6 is 0 Å². The number of nitrogens with two attached hydrogens (primary N) is 2. The van der Waals surface area contributed by atoms with E-state index in [-0.39, 0.29) is 27.4 Å². The Bertz CT molecular complexity index is 701. The second kappa shape index (κ2) is 4.73. The molecule has 0 atom stereocenters. The summed E-state index contributed by atoms with van der Waals surface area (Å²) < 4.78 is 25.0. The van der Waals surface area contributed by atoms with Gasteiger partial charge in [-0.25, -0.2) is 8.42 Å². The molecular weight excluding hydrogens is 266 g/mol. The van der Waals surface area contributed by atoms with E-state index in [0.29, 0.717) is 0 Å². The van der Waals surface area contributed by atoms with Crippen molar-refractivity contribution in [2.24, 2.45) is 0 Å². The number of benzene rings is 1. The molecule has 0 amide bonds. The third-order valence-electron chi connectivity index (χ3n) is 2.47. The zero-order valence-electron chi connectivity index (χ0n) is 10.2. The molecule has 0 radical (unpaired) electrons. The quantitative estimate of drug-likeness (QED) is 0.747. The number of hydrogen-bond donors (Lipinski definition) is 3. The first kappa shape index (κ1) is 13.1. The Morgan fingerprint density at radius 3 is 2.32 bits per heavy atom. The van der Waals surface area contributed by atoms with Crippen molar-refractivity contribution in [3.63, 3.8) is 0 Å². The molecule has 8 heteroatoms. The number of rotatable bonds is 3. The third kappa shape index (κ3) is 2.29. The Morgan fingerprint density at radius 2 is 1.74 bits per heavy atom. The maximum atomic E-state index is 12.5. The van der Waals surface area contributed by atoms with Gasteiger partial charge in [0, 0.05) is 7.05 Å². The average Bonchev–Trinajstić information content (AvgIpc) is 2.38. The smallest absolute Gasteiger partial charge is 0.224 e. The molecule has 0 aliphatic rings. The topological polar surface area (TPSA) is 124 Å². The van der Waals surface area contributed by atoms with E-state index in [9.17, 15) is 8.42 Å². The molecule has 1 aromatic heterocycles. The Labute approximate surface area is 110 Å². The molecular formula is C11H13N5O2S. The number of nitrogens with zero attached hydrogens (tertiary/aromatic N) is 2. The SMILES string of the molecule is CNc1nc(N)nc(N)c1S(=O)(=O)c1ccccc1. The van der Waals surface area contributed by atoms with E-state index < -0.39 is 9.84 Å². The van der Waals surface area contributed by atoms with E-state index in [1.54, 1.807) is 18.2 Å². The Balaban J connectivity index is 2.72. The molecule has 1 aromatic carbocycles. The fourth-order valence-electron chi connectivity index (χ4n) is 1.64. The summed E-state index contributed by atoms with van der Waals surface area (Å²) in [6, 6.07) is 7.93. The summed E-state index contributed by atoms with van der Waals surface area (Å²) in [6.45, 7) is 0. The van der Waals surface area contributed by atoms with Gasteiger partial charge in [0.15, 0.2) is 16.5 Å². The molecule has 5 N–H and O–H groups in total. The molecule has 0 fully saturated rings. The zero-order valence-corrected chi connectivity index (χ0v) is 11.0. The van der Waals surface area contributed by atoms with Crippen LogP contribution in [0.4, 0.5) is 17.6 Å². The van der Waals surface area contributed by atoms with E-state index in [1.807, 2.05) is 0 Å². The molecule has 1 heterocycles. The lowest BCUT2D eigenvalue weighted by molar-refractivity contribution is 0.596. The highest BCUT2D eigenvalue weighted by atomic mass is 32.2. The van der Waals surface area contributed by atoms with Crippen LogP contribution in [0.2, 0.25) is 0 Å².